The molecule has 1 N–H and O–H groups in total. The first-order valence-corrected chi connectivity index (χ1v) is 6.66. The first-order valence-electron chi connectivity index (χ1n) is 5.53. The van der Waals surface area contributed by atoms with E-state index in [-0.39, 0.29) is 26.7 Å². The van der Waals surface area contributed by atoms with Gasteiger partial charge in [0.15, 0.2) is 5.82 Å². The molecule has 0 saturated heterocycles. The SMILES string of the molecule is O=[N+]([O-])c1ccccc1C=NNc1nc(Cl)c(Cl)cc1Cl. The molecule has 0 aliphatic carbocycles. The van der Waals surface area contributed by atoms with Crippen LogP contribution in [0.4, 0.5) is 11.5 Å². The Morgan fingerprint density at radius 1 is 1.24 bits per heavy atom. The molecule has 0 bridgehead atoms. The predicted octanol–water partition coefficient (Wildman–Crippen LogP) is 4.40. The number of rotatable bonds is 4. The highest BCUT2D eigenvalue weighted by molar-refractivity contribution is 6.42. The molecule has 0 aliphatic rings. The van der Waals surface area contributed by atoms with E-state index in [1.807, 2.05) is 0 Å². The minimum atomic E-state index is -0.494. The van der Waals surface area contributed by atoms with Crippen molar-refractivity contribution in [3.63, 3.8) is 0 Å². The van der Waals surface area contributed by atoms with Crippen molar-refractivity contribution in [1.29, 1.82) is 0 Å². The Balaban J connectivity index is 2.21. The molecule has 0 unspecified atom stereocenters. The van der Waals surface area contributed by atoms with Crippen LogP contribution in [0.2, 0.25) is 15.2 Å². The Morgan fingerprint density at radius 2 is 1.95 bits per heavy atom. The van der Waals surface area contributed by atoms with E-state index >= 15 is 0 Å². The maximum atomic E-state index is 10.8. The first kappa shape index (κ1) is 15.5. The molecule has 6 nitrogen and oxygen atoms in total. The van der Waals surface area contributed by atoms with Crippen LogP contribution >= 0.6 is 34.8 Å². The summed E-state index contributed by atoms with van der Waals surface area (Å²) in [6, 6.07) is 7.60. The second-order valence-corrected chi connectivity index (χ2v) is 4.95. The highest BCUT2D eigenvalue weighted by Gasteiger charge is 2.10. The standard InChI is InChI=1S/C12H7Cl3N4O2/c13-8-5-9(14)12(17-11(8)15)18-16-6-7-3-1-2-4-10(7)19(20)21/h1-6H,(H,17,18). The van der Waals surface area contributed by atoms with Gasteiger partial charge in [-0.05, 0) is 12.1 Å². The number of para-hydroxylation sites is 1. The molecule has 0 radical (unpaired) electrons. The zero-order valence-electron chi connectivity index (χ0n) is 10.3. The van der Waals surface area contributed by atoms with Crippen molar-refractivity contribution < 1.29 is 4.92 Å². The van der Waals surface area contributed by atoms with Crippen LogP contribution in [-0.4, -0.2) is 16.1 Å². The first-order chi connectivity index (χ1) is 9.99. The van der Waals surface area contributed by atoms with Gasteiger partial charge in [0, 0.05) is 6.07 Å². The van der Waals surface area contributed by atoms with E-state index in [1.54, 1.807) is 18.2 Å². The van der Waals surface area contributed by atoms with E-state index in [0.717, 1.165) is 0 Å². The second kappa shape index (κ2) is 6.71. The lowest BCUT2D eigenvalue weighted by Crippen LogP contribution is -1.98. The number of nitro benzene ring substituents is 1. The van der Waals surface area contributed by atoms with Gasteiger partial charge < -0.3 is 0 Å². The molecule has 108 valence electrons. The van der Waals surface area contributed by atoms with Crippen LogP contribution in [0.5, 0.6) is 0 Å². The van der Waals surface area contributed by atoms with Crippen LogP contribution in [0, 0.1) is 10.1 Å². The molecule has 0 atom stereocenters. The summed E-state index contributed by atoms with van der Waals surface area (Å²) >= 11 is 17.4. The minimum absolute atomic E-state index is 0.0590. The number of aromatic nitrogens is 1. The lowest BCUT2D eigenvalue weighted by Gasteiger charge is -2.04. The molecule has 1 heterocycles. The number of hydrogen-bond acceptors (Lipinski definition) is 5. The molecule has 0 fully saturated rings. The third-order valence-electron chi connectivity index (χ3n) is 2.39. The van der Waals surface area contributed by atoms with E-state index in [2.05, 4.69) is 15.5 Å². The number of hydrazone groups is 1. The average Bonchev–Trinajstić information content (AvgIpc) is 2.44. The van der Waals surface area contributed by atoms with E-state index in [1.165, 1.54) is 18.3 Å². The van der Waals surface area contributed by atoms with Crippen LogP contribution in [0.3, 0.4) is 0 Å². The van der Waals surface area contributed by atoms with Gasteiger partial charge in [0.25, 0.3) is 5.69 Å². The van der Waals surface area contributed by atoms with Gasteiger partial charge in [-0.25, -0.2) is 4.98 Å². The van der Waals surface area contributed by atoms with Crippen molar-refractivity contribution in [2.24, 2.45) is 5.10 Å². The molecule has 9 heteroatoms. The van der Waals surface area contributed by atoms with E-state index in [0.29, 0.717) is 5.56 Å². The van der Waals surface area contributed by atoms with Crippen molar-refractivity contribution in [3.05, 3.63) is 61.2 Å². The maximum Gasteiger partial charge on any atom is 0.278 e. The molecule has 21 heavy (non-hydrogen) atoms. The number of nitrogens with zero attached hydrogens (tertiary/aromatic N) is 3. The van der Waals surface area contributed by atoms with Gasteiger partial charge in [-0.15, -0.1) is 0 Å². The van der Waals surface area contributed by atoms with Crippen molar-refractivity contribution in [3.8, 4) is 0 Å². The summed E-state index contributed by atoms with van der Waals surface area (Å²) in [6.07, 6.45) is 1.29. The van der Waals surface area contributed by atoms with Gasteiger partial charge in [-0.1, -0.05) is 46.9 Å². The van der Waals surface area contributed by atoms with Crippen molar-refractivity contribution in [2.45, 2.75) is 0 Å². The number of anilines is 1. The summed E-state index contributed by atoms with van der Waals surface area (Å²) in [5, 5.41) is 15.2. The number of pyridine rings is 1. The summed E-state index contributed by atoms with van der Waals surface area (Å²) in [6.45, 7) is 0. The number of halogens is 3. The predicted molar refractivity (Wildman–Crippen MR) is 83.6 cm³/mol. The molecule has 2 rings (SSSR count). The number of benzene rings is 1. The highest BCUT2D eigenvalue weighted by atomic mass is 35.5. The summed E-state index contributed by atoms with van der Waals surface area (Å²) < 4.78 is 0. The van der Waals surface area contributed by atoms with Crippen molar-refractivity contribution in [2.75, 3.05) is 5.43 Å². The van der Waals surface area contributed by atoms with Crippen LogP contribution in [0.25, 0.3) is 0 Å². The Morgan fingerprint density at radius 3 is 2.67 bits per heavy atom. The second-order valence-electron chi connectivity index (χ2n) is 3.78. The van der Waals surface area contributed by atoms with Gasteiger partial charge in [-0.3, -0.25) is 15.5 Å². The largest absolute Gasteiger partial charge is 0.278 e. The molecule has 0 spiro atoms. The third kappa shape index (κ3) is 3.81. The summed E-state index contributed by atoms with van der Waals surface area (Å²) in [5.41, 5.74) is 2.84. The van der Waals surface area contributed by atoms with E-state index in [9.17, 15) is 10.1 Å². The van der Waals surface area contributed by atoms with Crippen molar-refractivity contribution >= 4 is 52.5 Å². The summed E-state index contributed by atoms with van der Waals surface area (Å²) in [4.78, 5) is 14.3. The van der Waals surface area contributed by atoms with Gasteiger partial charge in [0.2, 0.25) is 0 Å². The third-order valence-corrected chi connectivity index (χ3v) is 3.36. The summed E-state index contributed by atoms with van der Waals surface area (Å²) in [5.74, 6) is 0.195. The molecule has 2 aromatic rings. The van der Waals surface area contributed by atoms with Gasteiger partial charge in [0.1, 0.15) is 5.15 Å². The van der Waals surface area contributed by atoms with E-state index < -0.39 is 4.92 Å². The fraction of sp³-hybridized carbons (Fsp3) is 0. The fourth-order valence-corrected chi connectivity index (χ4v) is 1.99. The molecular formula is C12H7Cl3N4O2. The zero-order valence-corrected chi connectivity index (χ0v) is 12.5. The minimum Gasteiger partial charge on any atom is -0.260 e. The Hall–Kier alpha value is -1.89. The van der Waals surface area contributed by atoms with Crippen LogP contribution in [-0.2, 0) is 0 Å². The highest BCUT2D eigenvalue weighted by Crippen LogP contribution is 2.28. The van der Waals surface area contributed by atoms with Crippen molar-refractivity contribution in [1.82, 2.24) is 4.98 Å². The number of nitrogens with one attached hydrogen (secondary N) is 1. The monoisotopic (exact) mass is 344 g/mol. The van der Waals surface area contributed by atoms with Gasteiger partial charge in [-0.2, -0.15) is 5.10 Å². The lowest BCUT2D eigenvalue weighted by atomic mass is 10.2. The molecule has 0 amide bonds. The summed E-state index contributed by atoms with van der Waals surface area (Å²) in [7, 11) is 0. The smallest absolute Gasteiger partial charge is 0.260 e. The van der Waals surface area contributed by atoms with E-state index in [4.69, 9.17) is 34.8 Å². The van der Waals surface area contributed by atoms with Crippen LogP contribution in [0.1, 0.15) is 5.56 Å². The zero-order chi connectivity index (χ0) is 15.4. The van der Waals surface area contributed by atoms with Gasteiger partial charge in [0.05, 0.1) is 26.7 Å². The number of hydrogen-bond donors (Lipinski definition) is 1. The molecule has 1 aromatic heterocycles. The fourth-order valence-electron chi connectivity index (χ4n) is 1.45. The Labute approximate surface area is 134 Å². The lowest BCUT2D eigenvalue weighted by molar-refractivity contribution is -0.385. The molecular weight excluding hydrogens is 339 g/mol. The quantitative estimate of drug-likeness (QED) is 0.385. The Bertz CT molecular complexity index is 722. The average molecular weight is 346 g/mol. The molecule has 0 aliphatic heterocycles. The molecule has 0 saturated carbocycles. The Kier molecular flexibility index (Phi) is 4.95. The normalized spacial score (nSPS) is 10.8. The number of nitro groups is 1. The maximum absolute atomic E-state index is 10.8. The van der Waals surface area contributed by atoms with Crippen LogP contribution < -0.4 is 5.43 Å². The topological polar surface area (TPSA) is 80.4 Å². The van der Waals surface area contributed by atoms with Crippen LogP contribution in [0.15, 0.2) is 35.4 Å². The molecule has 1 aromatic carbocycles. The van der Waals surface area contributed by atoms with Gasteiger partial charge >= 0.3 is 0 Å².